The number of nitrogens with one attached hydrogen (secondary N) is 3. The number of anilines is 1. The fraction of sp³-hybridized carbons (Fsp3) is 0.167. The van der Waals surface area contributed by atoms with Crippen LogP contribution >= 0.6 is 11.8 Å². The van der Waals surface area contributed by atoms with Gasteiger partial charge >= 0.3 is 11.3 Å². The highest BCUT2D eigenvalue weighted by atomic mass is 32.2. The normalized spacial score (nSPS) is 10.8. The Hall–Kier alpha value is -3.00. The van der Waals surface area contributed by atoms with Gasteiger partial charge in [-0.2, -0.15) is 10.1 Å². The first-order valence-corrected chi connectivity index (χ1v) is 8.91. The van der Waals surface area contributed by atoms with Crippen LogP contribution in [0.4, 0.5) is 16.2 Å². The lowest BCUT2D eigenvalue weighted by molar-refractivity contribution is -0.351. The van der Waals surface area contributed by atoms with E-state index in [1.807, 2.05) is 30.3 Å². The molecule has 0 aliphatic rings. The summed E-state index contributed by atoms with van der Waals surface area (Å²) in [5.74, 6) is 1.03. The fourth-order valence-corrected chi connectivity index (χ4v) is 2.41. The lowest BCUT2D eigenvalue weighted by atomic mass is 10.2. The predicted octanol–water partition coefficient (Wildman–Crippen LogP) is 2.22. The summed E-state index contributed by atoms with van der Waals surface area (Å²) in [5.41, 5.74) is 1.12. The van der Waals surface area contributed by atoms with Crippen molar-refractivity contribution in [1.29, 1.82) is 0 Å². The first-order chi connectivity index (χ1) is 12.5. The van der Waals surface area contributed by atoms with Crippen molar-refractivity contribution >= 4 is 40.3 Å². The molecule has 0 spiro atoms. The van der Waals surface area contributed by atoms with Crippen molar-refractivity contribution in [1.82, 2.24) is 5.32 Å². The Balaban J connectivity index is 2.32. The molecule has 0 aromatic heterocycles. The second-order valence-corrected chi connectivity index (χ2v) is 5.90. The predicted molar refractivity (Wildman–Crippen MR) is 102 cm³/mol. The third-order valence-electron chi connectivity index (χ3n) is 3.13. The highest BCUT2D eigenvalue weighted by molar-refractivity contribution is 8.13. The van der Waals surface area contributed by atoms with Crippen molar-refractivity contribution in [2.45, 2.75) is 6.92 Å². The van der Waals surface area contributed by atoms with Crippen molar-refractivity contribution in [3.8, 4) is 11.5 Å². The molecular weight excluding hydrogens is 354 g/mol. The van der Waals surface area contributed by atoms with E-state index in [2.05, 4.69) is 20.4 Å². The molecule has 3 N–H and O–H groups in total. The summed E-state index contributed by atoms with van der Waals surface area (Å²) in [6.45, 7) is 1.42. The van der Waals surface area contributed by atoms with Crippen molar-refractivity contribution in [2.24, 2.45) is 0 Å². The molecule has 0 radical (unpaired) electrons. The van der Waals surface area contributed by atoms with Crippen LogP contribution in [0.1, 0.15) is 6.92 Å². The first kappa shape index (κ1) is 19.3. The van der Waals surface area contributed by atoms with Crippen LogP contribution in [0.5, 0.6) is 11.5 Å². The number of hydrogen-bond donors (Lipinski definition) is 3. The van der Waals surface area contributed by atoms with Crippen LogP contribution in [-0.2, 0) is 9.53 Å². The molecule has 0 atom stereocenters. The van der Waals surface area contributed by atoms with Crippen LogP contribution in [0.2, 0.25) is 0 Å². The number of benzene rings is 2. The van der Waals surface area contributed by atoms with Crippen LogP contribution in [0.15, 0.2) is 48.5 Å². The zero-order valence-electron chi connectivity index (χ0n) is 14.7. The maximum Gasteiger partial charge on any atom is 0.505 e. The third-order valence-corrected chi connectivity index (χ3v) is 3.75. The number of alkyl carbamates (subject to hydrolysis) is 1. The molecule has 2 rings (SSSR count). The molecule has 0 aliphatic carbocycles. The van der Waals surface area contributed by atoms with Gasteiger partial charge in [0.05, 0.1) is 12.8 Å². The molecule has 2 amide bonds. The molecule has 136 valence electrons. The summed E-state index contributed by atoms with van der Waals surface area (Å²) in [6, 6.07) is 14.5. The molecule has 26 heavy (non-hydrogen) atoms. The monoisotopic (exact) mass is 374 g/mol. The molecule has 7 nitrogen and oxygen atoms in total. The summed E-state index contributed by atoms with van der Waals surface area (Å²) in [7, 11) is 1.28. The van der Waals surface area contributed by atoms with Gasteiger partial charge < -0.3 is 14.8 Å². The number of carbonyl (C=O) groups is 2. The Morgan fingerprint density at radius 1 is 1.08 bits per heavy atom. The summed E-state index contributed by atoms with van der Waals surface area (Å²) >= 11 is 1.29. The minimum atomic E-state index is -0.591. The number of carbonyl (C=O) groups excluding carboxylic acids is 2. The molecule has 0 fully saturated rings. The van der Waals surface area contributed by atoms with Crippen LogP contribution in [0.3, 0.4) is 0 Å². The minimum absolute atomic E-state index is 0.225. The van der Waals surface area contributed by atoms with Gasteiger partial charge in [0.15, 0.2) is 0 Å². The maximum absolute atomic E-state index is 11.5. The second kappa shape index (κ2) is 9.47. The van der Waals surface area contributed by atoms with Gasteiger partial charge in [-0.1, -0.05) is 18.2 Å². The molecule has 2 aromatic carbocycles. The van der Waals surface area contributed by atoms with Gasteiger partial charge in [-0.15, -0.1) is 0 Å². The Kier molecular flexibility index (Phi) is 7.04. The molecule has 0 unspecified atom stereocenters. The van der Waals surface area contributed by atoms with E-state index in [4.69, 9.17) is 4.74 Å². The van der Waals surface area contributed by atoms with Gasteiger partial charge in [-0.3, -0.25) is 4.79 Å². The summed E-state index contributed by atoms with van der Waals surface area (Å²) in [4.78, 5) is 26.0. The summed E-state index contributed by atoms with van der Waals surface area (Å²) < 4.78 is 10.4. The van der Waals surface area contributed by atoms with E-state index in [1.54, 1.807) is 24.5 Å². The van der Waals surface area contributed by atoms with Gasteiger partial charge in [0.2, 0.25) is 5.91 Å². The molecule has 0 saturated heterocycles. The number of methoxy groups -OCH3 is 1. The van der Waals surface area contributed by atoms with E-state index >= 15 is 0 Å². The highest BCUT2D eigenvalue weighted by Gasteiger charge is 2.15. The number of amides is 2. The number of ether oxygens (including phenoxy) is 2. The molecule has 8 heteroatoms. The Morgan fingerprint density at radius 3 is 2.42 bits per heavy atom. The fourth-order valence-electron chi connectivity index (χ4n) is 2.01. The lowest BCUT2D eigenvalue weighted by Gasteiger charge is -2.10. The van der Waals surface area contributed by atoms with Crippen LogP contribution in [0.25, 0.3) is 0 Å². The van der Waals surface area contributed by atoms with Crippen LogP contribution in [0, 0.1) is 0 Å². The number of thioether (sulfide) groups is 1. The van der Waals surface area contributed by atoms with Gasteiger partial charge in [-0.05, 0) is 42.3 Å². The van der Waals surface area contributed by atoms with Gasteiger partial charge in [0.1, 0.15) is 17.2 Å². The molecule has 0 saturated carbocycles. The Morgan fingerprint density at radius 2 is 1.81 bits per heavy atom. The number of amidine groups is 1. The van der Waals surface area contributed by atoms with Crippen molar-refractivity contribution in [3.63, 3.8) is 0 Å². The second-order valence-electron chi connectivity index (χ2n) is 5.08. The average Bonchev–Trinajstić information content (AvgIpc) is 2.63. The third kappa shape index (κ3) is 5.82. The van der Waals surface area contributed by atoms with Gasteiger partial charge in [0, 0.05) is 13.0 Å². The Bertz CT molecular complexity index is 809. The van der Waals surface area contributed by atoms with E-state index in [9.17, 15) is 9.59 Å². The van der Waals surface area contributed by atoms with E-state index in [-0.39, 0.29) is 5.91 Å². The van der Waals surface area contributed by atoms with Gasteiger partial charge in [0.25, 0.3) is 0 Å². The zero-order chi connectivity index (χ0) is 18.9. The standard InChI is InChI=1S/C18H19N3O4S/c1-12(22)19-16-11-14(25-13-7-5-4-6-8-13)9-10-15(16)20-17(26-3)21-18(23)24-2/h4-11H,1-3H3,(H,19,22)(H,20,21,23)/p+1. The van der Waals surface area contributed by atoms with E-state index in [0.29, 0.717) is 28.0 Å². The van der Waals surface area contributed by atoms with Gasteiger partial charge in [-0.25, -0.2) is 4.99 Å². The number of hydrogen-bond acceptors (Lipinski definition) is 5. The number of para-hydroxylation sites is 1. The topological polar surface area (TPSA) is 90.6 Å². The van der Waals surface area contributed by atoms with Crippen molar-refractivity contribution < 1.29 is 24.1 Å². The summed E-state index contributed by atoms with van der Waals surface area (Å²) in [6.07, 6.45) is 1.20. The number of rotatable bonds is 4. The highest BCUT2D eigenvalue weighted by Crippen LogP contribution is 2.27. The lowest BCUT2D eigenvalue weighted by Crippen LogP contribution is -2.70. The quantitative estimate of drug-likeness (QED) is 0.564. The first-order valence-electron chi connectivity index (χ1n) is 7.69. The molecule has 0 heterocycles. The van der Waals surface area contributed by atoms with E-state index < -0.39 is 6.09 Å². The van der Waals surface area contributed by atoms with Crippen LogP contribution in [-0.4, -0.2) is 30.5 Å². The minimum Gasteiger partial charge on any atom is -0.457 e. The smallest absolute Gasteiger partial charge is 0.457 e. The molecule has 0 bridgehead atoms. The molecule has 2 aromatic rings. The molecule has 0 aliphatic heterocycles. The summed E-state index contributed by atoms with van der Waals surface area (Å²) in [5, 5.41) is 5.77. The Labute approximate surface area is 155 Å². The zero-order valence-corrected chi connectivity index (χ0v) is 15.5. The van der Waals surface area contributed by atoms with Crippen LogP contribution < -0.4 is 20.4 Å². The SMILES string of the molecule is COC(=O)NC(=[NH+]c1ccc(Oc2ccccc2)cc1NC(C)=O)SC. The van der Waals surface area contributed by atoms with E-state index in [0.717, 1.165) is 0 Å². The van der Waals surface area contributed by atoms with E-state index in [1.165, 1.54) is 25.8 Å². The average molecular weight is 374 g/mol. The maximum atomic E-state index is 11.5. The molecular formula is C18H20N3O4S+. The van der Waals surface area contributed by atoms with Crippen molar-refractivity contribution in [2.75, 3.05) is 18.7 Å². The largest absolute Gasteiger partial charge is 0.505 e. The van der Waals surface area contributed by atoms with Crippen molar-refractivity contribution in [3.05, 3.63) is 48.5 Å².